The first-order valence-corrected chi connectivity index (χ1v) is 11.0. The molecule has 0 aliphatic carbocycles. The molecular formula is C23H22ClN5O3. The van der Waals surface area contributed by atoms with Crippen molar-refractivity contribution >= 4 is 17.5 Å². The topological polar surface area (TPSA) is 90.2 Å². The highest BCUT2D eigenvalue weighted by atomic mass is 35.5. The Morgan fingerprint density at radius 3 is 2.97 bits per heavy atom. The van der Waals surface area contributed by atoms with E-state index in [1.807, 2.05) is 37.4 Å². The van der Waals surface area contributed by atoms with Gasteiger partial charge in [0, 0.05) is 42.4 Å². The Bertz CT molecular complexity index is 1240. The Morgan fingerprint density at radius 1 is 1.28 bits per heavy atom. The molecule has 8 nitrogen and oxygen atoms in total. The van der Waals surface area contributed by atoms with Gasteiger partial charge in [0.05, 0.1) is 12.4 Å². The second-order valence-electron chi connectivity index (χ2n) is 7.75. The predicted octanol–water partition coefficient (Wildman–Crippen LogP) is 4.77. The Morgan fingerprint density at radius 2 is 2.16 bits per heavy atom. The van der Waals surface area contributed by atoms with E-state index in [0.29, 0.717) is 35.3 Å². The van der Waals surface area contributed by atoms with Crippen LogP contribution in [0.1, 0.15) is 53.6 Å². The minimum atomic E-state index is -0.237. The SMILES string of the molecule is CCn1cc(-c2cc(C(=O)N3CCC[C@@H]3c3ncc(Cc4ccccc4Cl)o3)on2)cn1. The van der Waals surface area contributed by atoms with E-state index >= 15 is 0 Å². The van der Waals surface area contributed by atoms with Crippen LogP contribution in [0.25, 0.3) is 11.3 Å². The van der Waals surface area contributed by atoms with Crippen molar-refractivity contribution < 1.29 is 13.7 Å². The Balaban J connectivity index is 1.32. The Hall–Kier alpha value is -3.39. The van der Waals surface area contributed by atoms with Gasteiger partial charge in [-0.05, 0) is 31.4 Å². The molecule has 9 heteroatoms. The molecule has 1 atom stereocenters. The summed E-state index contributed by atoms with van der Waals surface area (Å²) in [7, 11) is 0. The Labute approximate surface area is 189 Å². The highest BCUT2D eigenvalue weighted by Gasteiger charge is 2.35. The molecule has 5 rings (SSSR count). The van der Waals surface area contributed by atoms with E-state index in [1.54, 1.807) is 28.0 Å². The molecule has 1 aliphatic heterocycles. The van der Waals surface area contributed by atoms with Gasteiger partial charge >= 0.3 is 0 Å². The molecule has 0 radical (unpaired) electrons. The normalized spacial score (nSPS) is 16.1. The largest absolute Gasteiger partial charge is 0.443 e. The predicted molar refractivity (Wildman–Crippen MR) is 117 cm³/mol. The first-order valence-electron chi connectivity index (χ1n) is 10.6. The van der Waals surface area contributed by atoms with Crippen LogP contribution in [0.2, 0.25) is 5.02 Å². The smallest absolute Gasteiger partial charge is 0.293 e. The molecule has 1 fully saturated rings. The number of carbonyl (C=O) groups is 1. The molecule has 4 aromatic rings. The fourth-order valence-corrected chi connectivity index (χ4v) is 4.18. The van der Waals surface area contributed by atoms with Crippen molar-refractivity contribution in [3.63, 3.8) is 0 Å². The zero-order valence-corrected chi connectivity index (χ0v) is 18.3. The molecule has 0 spiro atoms. The van der Waals surface area contributed by atoms with E-state index in [9.17, 15) is 4.79 Å². The number of carbonyl (C=O) groups excluding carboxylic acids is 1. The van der Waals surface area contributed by atoms with Gasteiger partial charge in [-0.15, -0.1) is 0 Å². The van der Waals surface area contributed by atoms with Gasteiger partial charge in [-0.1, -0.05) is 35.0 Å². The van der Waals surface area contributed by atoms with Crippen molar-refractivity contribution in [1.29, 1.82) is 0 Å². The second kappa shape index (κ2) is 8.63. The van der Waals surface area contributed by atoms with E-state index in [2.05, 4.69) is 15.2 Å². The Kier molecular flexibility index (Phi) is 5.53. The fourth-order valence-electron chi connectivity index (χ4n) is 3.98. The maximum absolute atomic E-state index is 13.2. The van der Waals surface area contributed by atoms with Crippen molar-refractivity contribution in [2.24, 2.45) is 0 Å². The molecule has 164 valence electrons. The summed E-state index contributed by atoms with van der Waals surface area (Å²) in [5, 5.41) is 8.99. The molecule has 32 heavy (non-hydrogen) atoms. The summed E-state index contributed by atoms with van der Waals surface area (Å²) in [4.78, 5) is 19.4. The lowest BCUT2D eigenvalue weighted by Crippen LogP contribution is -2.30. The maximum Gasteiger partial charge on any atom is 0.293 e. The number of hydrogen-bond donors (Lipinski definition) is 0. The summed E-state index contributed by atoms with van der Waals surface area (Å²) in [6.45, 7) is 3.37. The van der Waals surface area contributed by atoms with Gasteiger partial charge < -0.3 is 13.8 Å². The van der Waals surface area contributed by atoms with Gasteiger partial charge in [0.25, 0.3) is 5.91 Å². The van der Waals surface area contributed by atoms with Crippen LogP contribution >= 0.6 is 11.6 Å². The third kappa shape index (κ3) is 3.93. The molecule has 1 saturated heterocycles. The van der Waals surface area contributed by atoms with Crippen LogP contribution in [0.5, 0.6) is 0 Å². The number of nitrogens with zero attached hydrogens (tertiary/aromatic N) is 5. The number of aryl methyl sites for hydroxylation is 1. The van der Waals surface area contributed by atoms with E-state index in [4.69, 9.17) is 20.5 Å². The third-order valence-corrected chi connectivity index (χ3v) is 6.04. The quantitative estimate of drug-likeness (QED) is 0.419. The number of benzene rings is 1. The molecule has 4 heterocycles. The minimum absolute atomic E-state index is 0.194. The molecule has 1 amide bonds. The second-order valence-corrected chi connectivity index (χ2v) is 8.16. The van der Waals surface area contributed by atoms with Crippen molar-refractivity contribution in [3.8, 4) is 11.3 Å². The van der Waals surface area contributed by atoms with Gasteiger partial charge in [-0.25, -0.2) is 4.98 Å². The summed E-state index contributed by atoms with van der Waals surface area (Å²) in [5.74, 6) is 1.21. The van der Waals surface area contributed by atoms with Crippen molar-refractivity contribution in [1.82, 2.24) is 24.8 Å². The number of hydrogen-bond acceptors (Lipinski definition) is 6. The maximum atomic E-state index is 13.2. The zero-order valence-electron chi connectivity index (χ0n) is 17.6. The van der Waals surface area contributed by atoms with Gasteiger partial charge in [0.1, 0.15) is 17.5 Å². The highest BCUT2D eigenvalue weighted by Crippen LogP contribution is 2.34. The summed E-state index contributed by atoms with van der Waals surface area (Å²) in [5.41, 5.74) is 2.36. The standard InChI is InChI=1S/C23H22ClN5O3/c1-2-28-14-16(12-26-28)19-11-21(32-27-19)23(30)29-9-5-8-20(29)22-25-13-17(31-22)10-15-6-3-4-7-18(15)24/h3-4,6-7,11-14,20H,2,5,8-10H2,1H3/t20-/m1/s1. The summed E-state index contributed by atoms with van der Waals surface area (Å²) >= 11 is 6.26. The van der Waals surface area contributed by atoms with Crippen LogP contribution in [0, 0.1) is 0 Å². The molecule has 1 aromatic carbocycles. The summed E-state index contributed by atoms with van der Waals surface area (Å²) < 4.78 is 13.2. The van der Waals surface area contributed by atoms with Gasteiger partial charge in [-0.2, -0.15) is 5.10 Å². The molecule has 0 unspecified atom stereocenters. The lowest BCUT2D eigenvalue weighted by molar-refractivity contribution is 0.0672. The number of oxazole rings is 1. The monoisotopic (exact) mass is 451 g/mol. The summed E-state index contributed by atoms with van der Waals surface area (Å²) in [6, 6.07) is 9.07. The molecule has 0 bridgehead atoms. The molecular weight excluding hydrogens is 430 g/mol. The van der Waals surface area contributed by atoms with E-state index in [1.165, 1.54) is 0 Å². The van der Waals surface area contributed by atoms with Gasteiger partial charge in [-0.3, -0.25) is 9.48 Å². The van der Waals surface area contributed by atoms with Crippen LogP contribution in [-0.4, -0.2) is 37.3 Å². The van der Waals surface area contributed by atoms with Crippen LogP contribution in [0.3, 0.4) is 0 Å². The highest BCUT2D eigenvalue weighted by molar-refractivity contribution is 6.31. The average Bonchev–Trinajstić information content (AvgIpc) is 3.60. The van der Waals surface area contributed by atoms with Gasteiger partial charge in [0.15, 0.2) is 0 Å². The number of halogens is 1. The number of aromatic nitrogens is 4. The lowest BCUT2D eigenvalue weighted by Gasteiger charge is -2.20. The van der Waals surface area contributed by atoms with Crippen LogP contribution in [0.4, 0.5) is 0 Å². The van der Waals surface area contributed by atoms with E-state index in [0.717, 1.165) is 30.5 Å². The average molecular weight is 452 g/mol. The first kappa shape index (κ1) is 20.5. The summed E-state index contributed by atoms with van der Waals surface area (Å²) in [6.07, 6.45) is 7.48. The van der Waals surface area contributed by atoms with Crippen molar-refractivity contribution in [2.45, 2.75) is 38.8 Å². The number of amides is 1. The minimum Gasteiger partial charge on any atom is -0.443 e. The number of likely N-dealkylation sites (tertiary alicyclic amines) is 1. The van der Waals surface area contributed by atoms with Crippen LogP contribution in [-0.2, 0) is 13.0 Å². The van der Waals surface area contributed by atoms with Crippen molar-refractivity contribution in [2.75, 3.05) is 6.54 Å². The van der Waals surface area contributed by atoms with Crippen LogP contribution < -0.4 is 0 Å². The molecule has 0 N–H and O–H groups in total. The van der Waals surface area contributed by atoms with E-state index in [-0.39, 0.29) is 17.7 Å². The van der Waals surface area contributed by atoms with Crippen molar-refractivity contribution in [3.05, 3.63) is 76.9 Å². The first-order chi connectivity index (χ1) is 15.6. The molecule has 1 aliphatic rings. The number of rotatable bonds is 6. The van der Waals surface area contributed by atoms with E-state index < -0.39 is 0 Å². The van der Waals surface area contributed by atoms with Crippen LogP contribution in [0.15, 0.2) is 57.9 Å². The van der Waals surface area contributed by atoms with Gasteiger partial charge in [0.2, 0.25) is 11.7 Å². The third-order valence-electron chi connectivity index (χ3n) is 5.67. The molecule has 3 aromatic heterocycles. The lowest BCUT2D eigenvalue weighted by atomic mass is 10.1. The molecule has 0 saturated carbocycles. The zero-order chi connectivity index (χ0) is 22.1. The fraction of sp³-hybridized carbons (Fsp3) is 0.304.